The summed E-state index contributed by atoms with van der Waals surface area (Å²) in [6.07, 6.45) is 0.718. The van der Waals surface area contributed by atoms with Gasteiger partial charge in [0.2, 0.25) is 11.8 Å². The number of aromatic amines is 1. The van der Waals surface area contributed by atoms with Gasteiger partial charge in [0.25, 0.3) is 5.91 Å². The van der Waals surface area contributed by atoms with E-state index < -0.39 is 17.7 Å². The number of benzene rings is 3. The number of carbonyl (C=O) groups excluding carboxylic acids is 3. The van der Waals surface area contributed by atoms with E-state index in [0.717, 1.165) is 37.7 Å². The maximum atomic E-state index is 14.0. The predicted molar refractivity (Wildman–Crippen MR) is 177 cm³/mol. The molecule has 0 radical (unpaired) electrons. The second-order valence-electron chi connectivity index (χ2n) is 12.0. The molecule has 8 nitrogen and oxygen atoms in total. The van der Waals surface area contributed by atoms with Crippen molar-refractivity contribution in [3.05, 3.63) is 102 Å². The van der Waals surface area contributed by atoms with Crippen LogP contribution in [0.2, 0.25) is 5.02 Å². The highest BCUT2D eigenvalue weighted by Gasteiger charge is 2.69. The van der Waals surface area contributed by atoms with Crippen molar-refractivity contribution < 1.29 is 23.5 Å². The van der Waals surface area contributed by atoms with Gasteiger partial charge in [-0.3, -0.25) is 24.1 Å². The Bertz CT molecular complexity index is 1970. The Morgan fingerprint density at radius 3 is 2.48 bits per heavy atom. The SMILES string of the molecule is O=C(COc1ccc(Br)cc1[C@@H]1c2sc(=O)[nH]c2S[C@@H]2[C@@H]3C[C@@H]([C@@H]4C(=O)N(c5ccc(F)cc5)C(=O)[C@@H]34)[C@H]12)Nc1ccc(Cl)cc1. The molecule has 2 N–H and O–H groups in total. The molecule has 46 heavy (non-hydrogen) atoms. The van der Waals surface area contributed by atoms with E-state index in [2.05, 4.69) is 26.2 Å². The Labute approximate surface area is 283 Å². The number of thioether (sulfide) groups is 1. The van der Waals surface area contributed by atoms with Crippen LogP contribution in [0, 0.1) is 35.4 Å². The third kappa shape index (κ3) is 4.83. The zero-order valence-electron chi connectivity index (χ0n) is 23.7. The summed E-state index contributed by atoms with van der Waals surface area (Å²) in [7, 11) is 0. The van der Waals surface area contributed by atoms with Crippen molar-refractivity contribution in [2.75, 3.05) is 16.8 Å². The van der Waals surface area contributed by atoms with Crippen LogP contribution in [0.15, 0.2) is 81.0 Å². The van der Waals surface area contributed by atoms with Gasteiger partial charge in [-0.2, -0.15) is 0 Å². The number of fused-ring (bicyclic) bond motifs is 9. The van der Waals surface area contributed by atoms with E-state index in [4.69, 9.17) is 16.3 Å². The number of ether oxygens (including phenoxy) is 1. The van der Waals surface area contributed by atoms with Crippen LogP contribution in [0.1, 0.15) is 22.8 Å². The fraction of sp³-hybridized carbons (Fsp3) is 0.273. The van der Waals surface area contributed by atoms with Crippen LogP contribution in [0.4, 0.5) is 15.8 Å². The maximum absolute atomic E-state index is 14.0. The van der Waals surface area contributed by atoms with Crippen molar-refractivity contribution >= 4 is 79.7 Å². The van der Waals surface area contributed by atoms with E-state index >= 15 is 0 Å². The summed E-state index contributed by atoms with van der Waals surface area (Å²) in [4.78, 5) is 58.3. The molecule has 0 unspecified atom stereocenters. The van der Waals surface area contributed by atoms with Crippen molar-refractivity contribution in [1.82, 2.24) is 4.98 Å². The number of anilines is 2. The Morgan fingerprint density at radius 1 is 1.02 bits per heavy atom. The van der Waals surface area contributed by atoms with E-state index in [1.165, 1.54) is 29.2 Å². The molecule has 234 valence electrons. The molecule has 0 spiro atoms. The molecule has 3 aromatic carbocycles. The van der Waals surface area contributed by atoms with Crippen molar-refractivity contribution in [3.63, 3.8) is 0 Å². The zero-order valence-corrected chi connectivity index (χ0v) is 27.7. The minimum Gasteiger partial charge on any atom is -0.483 e. The van der Waals surface area contributed by atoms with Gasteiger partial charge in [0, 0.05) is 36.8 Å². The average Bonchev–Trinajstić information content (AvgIpc) is 3.77. The normalized spacial score (nSPS) is 27.4. The van der Waals surface area contributed by atoms with Gasteiger partial charge in [0.15, 0.2) is 6.61 Å². The van der Waals surface area contributed by atoms with Gasteiger partial charge in [-0.1, -0.05) is 38.9 Å². The Kier molecular flexibility index (Phi) is 7.39. The molecule has 2 aliphatic heterocycles. The minimum atomic E-state index is -0.509. The highest BCUT2D eigenvalue weighted by Crippen LogP contribution is 2.69. The molecule has 1 aromatic heterocycles. The molecule has 2 bridgehead atoms. The number of rotatable bonds is 6. The molecule has 3 fully saturated rings. The van der Waals surface area contributed by atoms with Gasteiger partial charge in [-0.15, -0.1) is 11.8 Å². The third-order valence-corrected chi connectivity index (χ3v) is 12.9. The lowest BCUT2D eigenvalue weighted by atomic mass is 9.68. The Hall–Kier alpha value is -3.45. The first-order valence-electron chi connectivity index (χ1n) is 14.7. The molecule has 3 heterocycles. The number of carbonyl (C=O) groups is 3. The number of aromatic nitrogens is 1. The number of imide groups is 1. The number of H-pyrrole nitrogens is 1. The van der Waals surface area contributed by atoms with Crippen molar-refractivity contribution in [2.24, 2.45) is 29.6 Å². The number of nitrogens with one attached hydrogen (secondary N) is 2. The van der Waals surface area contributed by atoms with Crippen LogP contribution in [-0.2, 0) is 14.4 Å². The lowest BCUT2D eigenvalue weighted by Crippen LogP contribution is -2.42. The molecular formula is C33H24BrClFN3O5S2. The molecule has 4 aliphatic rings. The minimum absolute atomic E-state index is 0.0287. The van der Waals surface area contributed by atoms with E-state index in [-0.39, 0.29) is 58.1 Å². The lowest BCUT2D eigenvalue weighted by molar-refractivity contribution is -0.123. The number of hydrogen-bond acceptors (Lipinski definition) is 7. The summed E-state index contributed by atoms with van der Waals surface area (Å²) >= 11 is 12.3. The van der Waals surface area contributed by atoms with Crippen LogP contribution in [-0.4, -0.2) is 34.6 Å². The zero-order chi connectivity index (χ0) is 31.9. The average molecular weight is 741 g/mol. The van der Waals surface area contributed by atoms with Gasteiger partial charge >= 0.3 is 4.87 Å². The van der Waals surface area contributed by atoms with Gasteiger partial charge < -0.3 is 15.0 Å². The summed E-state index contributed by atoms with van der Waals surface area (Å²) in [5, 5.41) is 4.11. The quantitative estimate of drug-likeness (QED) is 0.214. The van der Waals surface area contributed by atoms with Gasteiger partial charge in [0.1, 0.15) is 11.6 Å². The smallest absolute Gasteiger partial charge is 0.305 e. The summed E-state index contributed by atoms with van der Waals surface area (Å²) < 4.78 is 20.6. The predicted octanol–water partition coefficient (Wildman–Crippen LogP) is 6.69. The Morgan fingerprint density at radius 2 is 1.74 bits per heavy atom. The van der Waals surface area contributed by atoms with Crippen LogP contribution >= 0.6 is 50.6 Å². The molecule has 1 saturated heterocycles. The number of hydrogen-bond donors (Lipinski definition) is 2. The van der Waals surface area contributed by atoms with E-state index in [9.17, 15) is 23.6 Å². The van der Waals surface area contributed by atoms with E-state index in [0.29, 0.717) is 22.1 Å². The highest BCUT2D eigenvalue weighted by atomic mass is 79.9. The summed E-state index contributed by atoms with van der Waals surface area (Å²) in [6, 6.07) is 17.8. The second-order valence-corrected chi connectivity index (χ2v) is 15.5. The van der Waals surface area contributed by atoms with Crippen LogP contribution in [0.5, 0.6) is 5.75 Å². The van der Waals surface area contributed by atoms with E-state index in [1.807, 2.05) is 12.1 Å². The monoisotopic (exact) mass is 739 g/mol. The van der Waals surface area contributed by atoms with E-state index in [1.54, 1.807) is 42.1 Å². The summed E-state index contributed by atoms with van der Waals surface area (Å²) in [5.74, 6) is -2.35. The molecule has 2 aliphatic carbocycles. The number of amides is 3. The molecular weight excluding hydrogens is 717 g/mol. The fourth-order valence-corrected chi connectivity index (χ4v) is 11.4. The lowest BCUT2D eigenvalue weighted by Gasteiger charge is -2.43. The van der Waals surface area contributed by atoms with Crippen LogP contribution in [0.25, 0.3) is 0 Å². The Balaban J connectivity index is 1.14. The standard InChI is InChI=1S/C33H24BrClFN3O5S2/c34-14-1-10-22(44-13-23(40)37-17-6-2-15(35)3-7-17)19(11-14)24-25-20-12-21(28(25)45-30-29(24)46-33(43)38-30)27-26(20)31(41)39(32(27)42)18-8-4-16(36)5-9-18/h1-11,20-21,24-28H,12-13H2,(H,37,40)(H,38,43)/t20-,21-,24+,25-,26+,27+,28-/m1/s1. The molecule has 8 rings (SSSR count). The largest absolute Gasteiger partial charge is 0.483 e. The van der Waals surface area contributed by atoms with Crippen molar-refractivity contribution in [2.45, 2.75) is 22.6 Å². The maximum Gasteiger partial charge on any atom is 0.305 e. The number of halogens is 3. The van der Waals surface area contributed by atoms with Crippen LogP contribution < -0.4 is 19.8 Å². The first-order chi connectivity index (χ1) is 22.2. The topological polar surface area (TPSA) is 109 Å². The first-order valence-corrected chi connectivity index (χ1v) is 17.6. The molecule has 7 atom stereocenters. The van der Waals surface area contributed by atoms with Crippen molar-refractivity contribution in [3.8, 4) is 5.75 Å². The second kappa shape index (κ2) is 11.4. The number of thiazole rings is 1. The highest BCUT2D eigenvalue weighted by molar-refractivity contribution is 9.10. The molecule has 4 aromatic rings. The summed E-state index contributed by atoms with van der Waals surface area (Å²) in [6.45, 7) is -0.251. The van der Waals surface area contributed by atoms with Gasteiger partial charge in [-0.05, 0) is 90.9 Å². The van der Waals surface area contributed by atoms with Crippen molar-refractivity contribution in [1.29, 1.82) is 0 Å². The van der Waals surface area contributed by atoms with Gasteiger partial charge in [-0.25, -0.2) is 4.39 Å². The molecule has 3 amide bonds. The molecule has 2 saturated carbocycles. The van der Waals surface area contributed by atoms with Gasteiger partial charge in [0.05, 0.1) is 22.5 Å². The third-order valence-electron chi connectivity index (χ3n) is 9.60. The van der Waals surface area contributed by atoms with Crippen LogP contribution in [0.3, 0.4) is 0 Å². The molecule has 13 heteroatoms. The summed E-state index contributed by atoms with van der Waals surface area (Å²) in [5.41, 5.74) is 1.77. The first kappa shape index (κ1) is 29.9. The number of nitrogens with zero attached hydrogens (tertiary/aromatic N) is 1. The fourth-order valence-electron chi connectivity index (χ4n) is 7.98.